The largest absolute Gasteiger partial charge is 0.385 e. The Bertz CT molecular complexity index is 1290. The van der Waals surface area contributed by atoms with Gasteiger partial charge in [-0.15, -0.1) is 0 Å². The second kappa shape index (κ2) is 10.6. The van der Waals surface area contributed by atoms with Gasteiger partial charge in [-0.05, 0) is 42.7 Å². The van der Waals surface area contributed by atoms with Crippen molar-refractivity contribution >= 4 is 28.8 Å². The number of likely N-dealkylation sites (tertiary alicyclic amines) is 1. The molecule has 1 atom stereocenters. The molecule has 0 spiro atoms. The predicted octanol–water partition coefficient (Wildman–Crippen LogP) is 3.13. The second-order valence-electron chi connectivity index (χ2n) is 9.36. The van der Waals surface area contributed by atoms with Crippen molar-refractivity contribution in [3.63, 3.8) is 0 Å². The monoisotopic (exact) mass is 494 g/mol. The molecule has 2 heterocycles. The quantitative estimate of drug-likeness (QED) is 0.345. The third kappa shape index (κ3) is 5.02. The topological polar surface area (TPSA) is 95.6 Å². The average molecular weight is 495 g/mol. The molecule has 3 aromatic rings. The summed E-state index contributed by atoms with van der Waals surface area (Å²) in [5, 5.41) is 0. The molecule has 1 saturated heterocycles. The standard InChI is InChI=1S/C27H31FN4O4/c1-18-7-4-5-8-20(18)27(17-25(34)32(26(27)35)12-6-14-36-3)16-24(33)31(2)13-11-23-29-21-10-9-19(28)15-22(21)30-23/h4-5,7-10,15H,6,11-14,16-17H2,1-3H3,(H,29,30). The molecule has 0 bridgehead atoms. The number of rotatable bonds is 10. The first-order valence-corrected chi connectivity index (χ1v) is 12.0. The third-order valence-corrected chi connectivity index (χ3v) is 6.86. The van der Waals surface area contributed by atoms with Crippen LogP contribution in [0.5, 0.6) is 0 Å². The summed E-state index contributed by atoms with van der Waals surface area (Å²) in [7, 11) is 3.25. The van der Waals surface area contributed by atoms with Crippen molar-refractivity contribution in [2.24, 2.45) is 0 Å². The number of carbonyl (C=O) groups excluding carboxylic acids is 3. The molecule has 190 valence electrons. The van der Waals surface area contributed by atoms with Crippen LogP contribution in [0.1, 0.15) is 36.2 Å². The lowest BCUT2D eigenvalue weighted by molar-refractivity contribution is -0.142. The number of amides is 3. The minimum absolute atomic E-state index is 0.0433. The number of imidazole rings is 1. The molecule has 4 rings (SSSR count). The lowest BCUT2D eigenvalue weighted by Crippen LogP contribution is -2.43. The molecule has 0 saturated carbocycles. The Morgan fingerprint density at radius 1 is 1.25 bits per heavy atom. The predicted molar refractivity (Wildman–Crippen MR) is 133 cm³/mol. The average Bonchev–Trinajstić information content (AvgIpc) is 3.36. The van der Waals surface area contributed by atoms with Gasteiger partial charge in [-0.3, -0.25) is 19.3 Å². The summed E-state index contributed by atoms with van der Waals surface area (Å²) >= 11 is 0. The van der Waals surface area contributed by atoms with Crippen LogP contribution in [-0.2, 0) is 31.0 Å². The number of carbonyl (C=O) groups is 3. The number of nitrogens with zero attached hydrogens (tertiary/aromatic N) is 3. The van der Waals surface area contributed by atoms with Crippen molar-refractivity contribution in [1.82, 2.24) is 19.8 Å². The Morgan fingerprint density at radius 3 is 2.78 bits per heavy atom. The van der Waals surface area contributed by atoms with Gasteiger partial charge >= 0.3 is 0 Å². The molecular weight excluding hydrogens is 463 g/mol. The highest BCUT2D eigenvalue weighted by molar-refractivity contribution is 6.11. The Labute approximate surface area is 209 Å². The maximum absolute atomic E-state index is 13.7. The number of H-pyrrole nitrogens is 1. The number of likely N-dealkylation sites (N-methyl/N-ethyl adjacent to an activating group) is 1. The van der Waals surface area contributed by atoms with Gasteiger partial charge in [-0.25, -0.2) is 9.37 Å². The van der Waals surface area contributed by atoms with E-state index < -0.39 is 5.41 Å². The molecule has 1 unspecified atom stereocenters. The lowest BCUT2D eigenvalue weighted by atomic mass is 9.74. The number of nitrogens with one attached hydrogen (secondary N) is 1. The normalized spacial score (nSPS) is 17.8. The number of aromatic nitrogens is 2. The summed E-state index contributed by atoms with van der Waals surface area (Å²) in [6.07, 6.45) is 0.822. The van der Waals surface area contributed by atoms with Crippen LogP contribution in [0.4, 0.5) is 4.39 Å². The molecule has 1 aromatic heterocycles. The van der Waals surface area contributed by atoms with Crippen molar-refractivity contribution < 1.29 is 23.5 Å². The molecule has 2 aromatic carbocycles. The molecule has 9 heteroatoms. The minimum Gasteiger partial charge on any atom is -0.385 e. The van der Waals surface area contributed by atoms with Crippen LogP contribution in [0.15, 0.2) is 42.5 Å². The summed E-state index contributed by atoms with van der Waals surface area (Å²) < 4.78 is 18.6. The second-order valence-corrected chi connectivity index (χ2v) is 9.36. The smallest absolute Gasteiger partial charge is 0.240 e. The van der Waals surface area contributed by atoms with Crippen LogP contribution in [-0.4, -0.2) is 71.3 Å². The highest BCUT2D eigenvalue weighted by atomic mass is 19.1. The molecule has 1 N–H and O–H groups in total. The van der Waals surface area contributed by atoms with E-state index in [9.17, 15) is 18.8 Å². The van der Waals surface area contributed by atoms with Gasteiger partial charge in [0.25, 0.3) is 0 Å². The number of benzene rings is 2. The van der Waals surface area contributed by atoms with E-state index in [0.717, 1.165) is 5.56 Å². The number of halogens is 1. The number of imide groups is 1. The first-order valence-electron chi connectivity index (χ1n) is 12.0. The van der Waals surface area contributed by atoms with Crippen LogP contribution < -0.4 is 0 Å². The van der Waals surface area contributed by atoms with Crippen LogP contribution in [0.2, 0.25) is 0 Å². The van der Waals surface area contributed by atoms with E-state index in [-0.39, 0.29) is 42.9 Å². The SMILES string of the molecule is COCCCN1C(=O)CC(CC(=O)N(C)CCc2nc3ccc(F)cc3[nH]2)(c2ccccc2C)C1=O. The van der Waals surface area contributed by atoms with E-state index >= 15 is 0 Å². The number of ether oxygens (including phenoxy) is 1. The van der Waals surface area contributed by atoms with Gasteiger partial charge in [0.2, 0.25) is 17.7 Å². The Balaban J connectivity index is 1.52. The number of aromatic amines is 1. The fraction of sp³-hybridized carbons (Fsp3) is 0.407. The van der Waals surface area contributed by atoms with Crippen LogP contribution >= 0.6 is 0 Å². The molecule has 1 aliphatic heterocycles. The molecular formula is C27H31FN4O4. The first kappa shape index (κ1) is 25.5. The van der Waals surface area contributed by atoms with E-state index in [1.54, 1.807) is 25.1 Å². The van der Waals surface area contributed by atoms with Gasteiger partial charge < -0.3 is 14.6 Å². The van der Waals surface area contributed by atoms with Crippen LogP contribution in [0.25, 0.3) is 11.0 Å². The number of hydrogen-bond acceptors (Lipinski definition) is 5. The van der Waals surface area contributed by atoms with Gasteiger partial charge in [-0.1, -0.05) is 24.3 Å². The molecule has 0 radical (unpaired) electrons. The number of hydrogen-bond donors (Lipinski definition) is 1. The Kier molecular flexibility index (Phi) is 7.49. The van der Waals surface area contributed by atoms with Gasteiger partial charge in [-0.2, -0.15) is 0 Å². The summed E-state index contributed by atoms with van der Waals surface area (Å²) in [4.78, 5) is 50.4. The molecule has 8 nitrogen and oxygen atoms in total. The first-order chi connectivity index (χ1) is 17.2. The molecule has 0 aliphatic carbocycles. The minimum atomic E-state index is -1.24. The lowest BCUT2D eigenvalue weighted by Gasteiger charge is -2.30. The fourth-order valence-electron chi connectivity index (χ4n) is 4.89. The van der Waals surface area contributed by atoms with Crippen molar-refractivity contribution in [3.05, 3.63) is 65.2 Å². The number of aryl methyl sites for hydroxylation is 1. The summed E-state index contributed by atoms with van der Waals surface area (Å²) in [6.45, 7) is 2.94. The molecule has 3 amide bonds. The van der Waals surface area contributed by atoms with Crippen molar-refractivity contribution in [2.45, 2.75) is 38.0 Å². The number of methoxy groups -OCH3 is 1. The summed E-state index contributed by atoms with van der Waals surface area (Å²) in [5.41, 5.74) is 1.59. The highest BCUT2D eigenvalue weighted by Gasteiger charge is 2.54. The van der Waals surface area contributed by atoms with E-state index in [1.165, 1.54) is 17.0 Å². The van der Waals surface area contributed by atoms with E-state index in [1.807, 2.05) is 31.2 Å². The van der Waals surface area contributed by atoms with Gasteiger partial charge in [0.15, 0.2) is 0 Å². The molecule has 1 fully saturated rings. The summed E-state index contributed by atoms with van der Waals surface area (Å²) in [6, 6.07) is 11.8. The fourth-order valence-corrected chi connectivity index (χ4v) is 4.89. The van der Waals surface area contributed by atoms with E-state index in [2.05, 4.69) is 9.97 Å². The van der Waals surface area contributed by atoms with Gasteiger partial charge in [0, 0.05) is 53.1 Å². The van der Waals surface area contributed by atoms with Crippen LogP contribution in [0.3, 0.4) is 0 Å². The third-order valence-electron chi connectivity index (χ3n) is 6.86. The number of fused-ring (bicyclic) bond motifs is 1. The summed E-state index contributed by atoms with van der Waals surface area (Å²) in [5.74, 6) is -0.553. The van der Waals surface area contributed by atoms with Gasteiger partial charge in [0.05, 0.1) is 16.4 Å². The zero-order chi connectivity index (χ0) is 25.9. The van der Waals surface area contributed by atoms with Gasteiger partial charge in [0.1, 0.15) is 11.6 Å². The van der Waals surface area contributed by atoms with Crippen molar-refractivity contribution in [3.8, 4) is 0 Å². The zero-order valence-electron chi connectivity index (χ0n) is 20.8. The Hall–Kier alpha value is -3.59. The van der Waals surface area contributed by atoms with E-state index in [0.29, 0.717) is 48.4 Å². The van der Waals surface area contributed by atoms with Crippen molar-refractivity contribution in [2.75, 3.05) is 33.9 Å². The maximum atomic E-state index is 13.7. The maximum Gasteiger partial charge on any atom is 0.240 e. The van der Waals surface area contributed by atoms with Crippen LogP contribution in [0, 0.1) is 12.7 Å². The highest BCUT2D eigenvalue weighted by Crippen LogP contribution is 2.41. The van der Waals surface area contributed by atoms with Crippen molar-refractivity contribution in [1.29, 1.82) is 0 Å². The Morgan fingerprint density at radius 2 is 2.03 bits per heavy atom. The molecule has 1 aliphatic rings. The zero-order valence-corrected chi connectivity index (χ0v) is 20.8. The molecule has 36 heavy (non-hydrogen) atoms. The van der Waals surface area contributed by atoms with E-state index in [4.69, 9.17) is 4.74 Å².